The van der Waals surface area contributed by atoms with Gasteiger partial charge in [0.25, 0.3) is 0 Å². The minimum Gasteiger partial charge on any atom is -0.480 e. The Bertz CT molecular complexity index is 127. The normalized spacial score (nSPS) is 15.9. The number of ether oxygens (including phenoxy) is 1. The number of rotatable bonds is 5. The summed E-state index contributed by atoms with van der Waals surface area (Å²) in [6.45, 7) is 4.21. The maximum absolute atomic E-state index is 10.5. The summed E-state index contributed by atoms with van der Waals surface area (Å²) in [4.78, 5) is 10.5. The summed E-state index contributed by atoms with van der Waals surface area (Å²) in [7, 11) is 1.50. The number of carboxylic acids is 1. The molecule has 0 amide bonds. The van der Waals surface area contributed by atoms with Crippen LogP contribution in [0.5, 0.6) is 0 Å². The van der Waals surface area contributed by atoms with Crippen LogP contribution in [0.3, 0.4) is 0 Å². The Hall–Kier alpha value is -0.610. The van der Waals surface area contributed by atoms with Gasteiger partial charge in [-0.3, -0.25) is 4.79 Å². The van der Waals surface area contributed by atoms with E-state index in [1.807, 2.05) is 6.92 Å². The largest absolute Gasteiger partial charge is 0.480 e. The lowest BCUT2D eigenvalue weighted by molar-refractivity contribution is -0.142. The van der Waals surface area contributed by atoms with Gasteiger partial charge in [-0.1, -0.05) is 6.92 Å². The summed E-state index contributed by atoms with van der Waals surface area (Å²) >= 11 is 0. The number of aliphatic carboxylic acids is 1. The van der Waals surface area contributed by atoms with Gasteiger partial charge in [0, 0.05) is 7.11 Å². The molecule has 0 saturated heterocycles. The second-order valence-electron chi connectivity index (χ2n) is 2.31. The van der Waals surface area contributed by atoms with Crippen molar-refractivity contribution >= 4 is 5.97 Å². The van der Waals surface area contributed by atoms with E-state index < -0.39 is 12.0 Å². The zero-order valence-corrected chi connectivity index (χ0v) is 7.13. The maximum Gasteiger partial charge on any atom is 0.323 e. The maximum atomic E-state index is 10.5. The third-order valence-corrected chi connectivity index (χ3v) is 1.53. The molecule has 0 spiro atoms. The van der Waals surface area contributed by atoms with Gasteiger partial charge in [-0.05, 0) is 13.5 Å². The van der Waals surface area contributed by atoms with Crippen molar-refractivity contribution in [3.63, 3.8) is 0 Å². The zero-order valence-electron chi connectivity index (χ0n) is 7.13. The molecule has 4 nitrogen and oxygen atoms in total. The quantitative estimate of drug-likeness (QED) is 0.599. The first-order chi connectivity index (χ1) is 5.13. The highest BCUT2D eigenvalue weighted by Crippen LogP contribution is 1.96. The second-order valence-corrected chi connectivity index (χ2v) is 2.31. The van der Waals surface area contributed by atoms with E-state index in [0.717, 1.165) is 0 Å². The first-order valence-corrected chi connectivity index (χ1v) is 3.62. The van der Waals surface area contributed by atoms with Gasteiger partial charge in [0.15, 0.2) is 0 Å². The average Bonchev–Trinajstić information content (AvgIpc) is 1.98. The van der Waals surface area contributed by atoms with Crippen LogP contribution >= 0.6 is 0 Å². The minimum atomic E-state index is -0.874. The Balaban J connectivity index is 3.97. The Kier molecular flexibility index (Phi) is 4.81. The van der Waals surface area contributed by atoms with Crippen molar-refractivity contribution in [2.24, 2.45) is 0 Å². The molecule has 11 heavy (non-hydrogen) atoms. The smallest absolute Gasteiger partial charge is 0.323 e. The fourth-order valence-electron chi connectivity index (χ4n) is 0.810. The van der Waals surface area contributed by atoms with Crippen molar-refractivity contribution in [1.82, 2.24) is 5.32 Å². The molecule has 0 rings (SSSR count). The van der Waals surface area contributed by atoms with Gasteiger partial charge in [-0.25, -0.2) is 0 Å². The predicted molar refractivity (Wildman–Crippen MR) is 41.6 cm³/mol. The van der Waals surface area contributed by atoms with Crippen LogP contribution in [0, 0.1) is 0 Å². The molecule has 66 valence electrons. The molecule has 0 radical (unpaired) electrons. The molecule has 0 aromatic carbocycles. The molecule has 0 aromatic heterocycles. The lowest BCUT2D eigenvalue weighted by Gasteiger charge is -2.18. The van der Waals surface area contributed by atoms with Crippen LogP contribution in [0.4, 0.5) is 0 Å². The molecular formula is C7H15NO3. The van der Waals surface area contributed by atoms with Crippen LogP contribution in [0.1, 0.15) is 13.8 Å². The highest BCUT2D eigenvalue weighted by Gasteiger charge is 2.22. The van der Waals surface area contributed by atoms with Crippen LogP contribution in [0.15, 0.2) is 0 Å². The van der Waals surface area contributed by atoms with Gasteiger partial charge in [0.1, 0.15) is 6.04 Å². The molecule has 0 aliphatic heterocycles. The second kappa shape index (κ2) is 5.09. The molecule has 0 aromatic rings. The number of carboxylic acid groups (broad SMARTS) is 1. The lowest BCUT2D eigenvalue weighted by Crippen LogP contribution is -2.45. The van der Waals surface area contributed by atoms with Gasteiger partial charge in [0.2, 0.25) is 0 Å². The number of hydrogen-bond acceptors (Lipinski definition) is 3. The van der Waals surface area contributed by atoms with Gasteiger partial charge in [0.05, 0.1) is 6.10 Å². The van der Waals surface area contributed by atoms with Crippen molar-refractivity contribution in [2.45, 2.75) is 26.0 Å². The molecule has 4 heteroatoms. The van der Waals surface area contributed by atoms with Crippen molar-refractivity contribution < 1.29 is 14.6 Å². The van der Waals surface area contributed by atoms with Crippen LogP contribution < -0.4 is 5.32 Å². The van der Waals surface area contributed by atoms with E-state index in [-0.39, 0.29) is 6.10 Å². The number of nitrogens with one attached hydrogen (secondary N) is 1. The number of hydrogen-bond donors (Lipinski definition) is 2. The molecule has 0 bridgehead atoms. The van der Waals surface area contributed by atoms with Crippen molar-refractivity contribution in [1.29, 1.82) is 0 Å². The topological polar surface area (TPSA) is 58.6 Å². The standard InChI is InChI=1S/C7H15NO3/c1-4-8-6(7(9)10)5(2)11-3/h5-6,8H,4H2,1-3H3,(H,9,10)/t5-,6-/m1/s1. The van der Waals surface area contributed by atoms with E-state index in [1.54, 1.807) is 6.92 Å². The van der Waals surface area contributed by atoms with Gasteiger partial charge in [-0.15, -0.1) is 0 Å². The summed E-state index contributed by atoms with van der Waals surface area (Å²) in [5, 5.41) is 11.5. The number of methoxy groups -OCH3 is 1. The Morgan fingerprint density at radius 3 is 2.55 bits per heavy atom. The van der Waals surface area contributed by atoms with Crippen molar-refractivity contribution in [2.75, 3.05) is 13.7 Å². The van der Waals surface area contributed by atoms with Gasteiger partial charge < -0.3 is 15.2 Å². The average molecular weight is 161 g/mol. The van der Waals surface area contributed by atoms with E-state index in [0.29, 0.717) is 6.54 Å². The predicted octanol–water partition coefficient (Wildman–Crippen LogP) is 0.0840. The molecule has 2 atom stereocenters. The Morgan fingerprint density at radius 2 is 2.27 bits per heavy atom. The minimum absolute atomic E-state index is 0.299. The van der Waals surface area contributed by atoms with E-state index in [4.69, 9.17) is 9.84 Å². The van der Waals surface area contributed by atoms with E-state index in [9.17, 15) is 4.79 Å². The number of carbonyl (C=O) groups is 1. The van der Waals surface area contributed by atoms with E-state index in [1.165, 1.54) is 7.11 Å². The van der Waals surface area contributed by atoms with Gasteiger partial charge in [-0.2, -0.15) is 0 Å². The summed E-state index contributed by atoms with van der Waals surface area (Å²) in [6.07, 6.45) is -0.299. The zero-order chi connectivity index (χ0) is 8.85. The third-order valence-electron chi connectivity index (χ3n) is 1.53. The van der Waals surface area contributed by atoms with Crippen molar-refractivity contribution in [3.8, 4) is 0 Å². The fourth-order valence-corrected chi connectivity index (χ4v) is 0.810. The van der Waals surface area contributed by atoms with Crippen LogP contribution in [-0.2, 0) is 9.53 Å². The highest BCUT2D eigenvalue weighted by molar-refractivity contribution is 5.74. The van der Waals surface area contributed by atoms with E-state index in [2.05, 4.69) is 5.32 Å². The highest BCUT2D eigenvalue weighted by atomic mass is 16.5. The van der Waals surface area contributed by atoms with Crippen LogP contribution in [-0.4, -0.2) is 36.9 Å². The Labute approximate surface area is 66.5 Å². The summed E-state index contributed by atoms with van der Waals surface area (Å²) in [5.41, 5.74) is 0. The monoisotopic (exact) mass is 161 g/mol. The molecule has 0 saturated carbocycles. The molecule has 0 unspecified atom stereocenters. The first kappa shape index (κ1) is 10.4. The SMILES string of the molecule is CCN[C@@H](C(=O)O)[C@@H](C)OC. The summed E-state index contributed by atoms with van der Waals surface area (Å²) in [6, 6.07) is -0.606. The first-order valence-electron chi connectivity index (χ1n) is 3.62. The third kappa shape index (κ3) is 3.34. The van der Waals surface area contributed by atoms with Crippen molar-refractivity contribution in [3.05, 3.63) is 0 Å². The fraction of sp³-hybridized carbons (Fsp3) is 0.857. The van der Waals surface area contributed by atoms with Crippen LogP contribution in [0.25, 0.3) is 0 Å². The lowest BCUT2D eigenvalue weighted by atomic mass is 10.2. The van der Waals surface area contributed by atoms with Gasteiger partial charge >= 0.3 is 5.97 Å². The molecule has 0 fully saturated rings. The molecule has 0 aliphatic rings. The Morgan fingerprint density at radius 1 is 1.73 bits per heavy atom. The summed E-state index contributed by atoms with van der Waals surface area (Å²) in [5.74, 6) is -0.874. The molecule has 0 heterocycles. The number of likely N-dealkylation sites (N-methyl/N-ethyl adjacent to an activating group) is 1. The van der Waals surface area contributed by atoms with E-state index >= 15 is 0 Å². The molecule has 2 N–H and O–H groups in total. The molecular weight excluding hydrogens is 146 g/mol. The molecule has 0 aliphatic carbocycles. The van der Waals surface area contributed by atoms with Crippen LogP contribution in [0.2, 0.25) is 0 Å². The summed E-state index contributed by atoms with van der Waals surface area (Å²) < 4.78 is 4.88.